The van der Waals surface area contributed by atoms with Crippen LogP contribution in [0.4, 0.5) is 83.4 Å². The van der Waals surface area contributed by atoms with Crippen LogP contribution in [0.15, 0.2) is 0 Å². The van der Waals surface area contributed by atoms with Gasteiger partial charge < -0.3 is 0 Å². The van der Waals surface area contributed by atoms with Crippen molar-refractivity contribution in [2.45, 2.75) is 53.3 Å². The highest BCUT2D eigenvalue weighted by Crippen LogP contribution is 2.64. The zero-order valence-electron chi connectivity index (χ0n) is 13.8. The molecule has 0 aliphatic carbocycles. The maximum Gasteiger partial charge on any atom is 0.527 e. The van der Waals surface area contributed by atoms with E-state index >= 15 is 0 Å². The van der Waals surface area contributed by atoms with Crippen LogP contribution in [0.2, 0.25) is 0 Å². The molecule has 0 saturated heterocycles. The Hall–Kier alpha value is -1.46. The van der Waals surface area contributed by atoms with Gasteiger partial charge in [-0.25, -0.2) is 4.74 Å². The van der Waals surface area contributed by atoms with Gasteiger partial charge in [0.2, 0.25) is 0 Å². The molecule has 0 aliphatic rings. The van der Waals surface area contributed by atoms with E-state index in [0.29, 0.717) is 0 Å². The summed E-state index contributed by atoms with van der Waals surface area (Å²) in [6.45, 7) is 0. The highest BCUT2D eigenvalue weighted by molar-refractivity contribution is 7.87. The molecule has 0 amide bonds. The average molecular weight is 566 g/mol. The largest absolute Gasteiger partial charge is 0.527 e. The Bertz CT molecular complexity index is 840. The molecule has 0 fully saturated rings. The van der Waals surface area contributed by atoms with E-state index < -0.39 is 63.4 Å². The lowest BCUT2D eigenvalue weighted by molar-refractivity contribution is -0.509. The van der Waals surface area contributed by atoms with Gasteiger partial charge >= 0.3 is 63.4 Å². The number of ether oxygens (including phenoxy) is 1. The van der Waals surface area contributed by atoms with Crippen molar-refractivity contribution in [2.24, 2.45) is 0 Å². The first-order valence-electron chi connectivity index (χ1n) is 6.47. The fourth-order valence-corrected chi connectivity index (χ4v) is 1.98. The number of rotatable bonds is 9. The predicted molar refractivity (Wildman–Crippen MR) is 58.3 cm³/mol. The summed E-state index contributed by atoms with van der Waals surface area (Å²) in [6.07, 6.45) is -15.2. The number of halogens is 19. The van der Waals surface area contributed by atoms with Crippen molar-refractivity contribution in [3.63, 3.8) is 0 Å². The van der Waals surface area contributed by atoms with Gasteiger partial charge in [0.05, 0.1) is 0 Å². The van der Waals surface area contributed by atoms with Gasteiger partial charge in [0.1, 0.15) is 0 Å². The topological polar surface area (TPSA) is 63.6 Å². The monoisotopic (exact) mass is 566 g/mol. The summed E-state index contributed by atoms with van der Waals surface area (Å²) in [5, 5.41) is -7.95. The van der Waals surface area contributed by atoms with Crippen molar-refractivity contribution in [1.82, 2.24) is 0 Å². The minimum Gasteiger partial charge on any atom is -0.281 e. The van der Waals surface area contributed by atoms with E-state index in [4.69, 9.17) is 4.55 Å². The smallest absolute Gasteiger partial charge is 0.281 e. The van der Waals surface area contributed by atoms with Gasteiger partial charge in [-0.15, -0.1) is 13.2 Å². The van der Waals surface area contributed by atoms with Crippen LogP contribution in [-0.2, 0) is 14.9 Å². The van der Waals surface area contributed by atoms with Gasteiger partial charge in [-0.1, -0.05) is 0 Å². The van der Waals surface area contributed by atoms with Gasteiger partial charge in [-0.2, -0.15) is 78.7 Å². The molecule has 0 aromatic carbocycles. The average Bonchev–Trinajstić information content (AvgIpc) is 2.49. The van der Waals surface area contributed by atoms with Crippen LogP contribution in [0.1, 0.15) is 0 Å². The Kier molecular flexibility index (Phi) is 7.18. The van der Waals surface area contributed by atoms with Crippen LogP contribution in [0.5, 0.6) is 0 Å². The lowest BCUT2D eigenvalue weighted by Gasteiger charge is -2.42. The van der Waals surface area contributed by atoms with Crippen molar-refractivity contribution in [2.75, 3.05) is 0 Å². The van der Waals surface area contributed by atoms with E-state index in [1.54, 1.807) is 0 Å². The van der Waals surface area contributed by atoms with Crippen LogP contribution in [0.3, 0.4) is 0 Å². The van der Waals surface area contributed by atoms with Crippen molar-refractivity contribution >= 4 is 10.1 Å². The van der Waals surface area contributed by atoms with Crippen LogP contribution in [-0.4, -0.2) is 66.2 Å². The molecule has 4 nitrogen and oxygen atoms in total. The maximum atomic E-state index is 13.2. The van der Waals surface area contributed by atoms with Crippen LogP contribution in [0.25, 0.3) is 0 Å². The Morgan fingerprint density at radius 2 is 0.697 bits per heavy atom. The second-order valence-electron chi connectivity index (χ2n) is 5.50. The predicted octanol–water partition coefficient (Wildman–Crippen LogP) is 5.41. The van der Waals surface area contributed by atoms with Crippen LogP contribution < -0.4 is 0 Å². The third-order valence-corrected chi connectivity index (χ3v) is 4.17. The van der Waals surface area contributed by atoms with Crippen molar-refractivity contribution in [3.8, 4) is 0 Å². The fourth-order valence-electron chi connectivity index (χ4n) is 1.53. The van der Waals surface area contributed by atoms with E-state index in [2.05, 4.69) is 0 Å². The number of hydrogen-bond donors (Lipinski definition) is 1. The van der Waals surface area contributed by atoms with E-state index in [1.165, 1.54) is 0 Å². The molecule has 0 atom stereocenters. The fraction of sp³-hybridized carbons (Fsp3) is 1.00. The molecule has 24 heteroatoms. The van der Waals surface area contributed by atoms with E-state index in [0.717, 1.165) is 4.74 Å². The zero-order chi connectivity index (χ0) is 27.7. The first-order chi connectivity index (χ1) is 13.7. The van der Waals surface area contributed by atoms with Gasteiger partial charge in [0.15, 0.2) is 0 Å². The van der Waals surface area contributed by atoms with E-state index in [1.807, 2.05) is 0 Å². The molecule has 0 unspecified atom stereocenters. The second kappa shape index (κ2) is 7.52. The molecular formula is C9HF19O4S. The molecule has 0 rings (SSSR count). The zero-order valence-corrected chi connectivity index (χ0v) is 14.6. The summed E-state index contributed by atoms with van der Waals surface area (Å²) < 4.78 is 272. The number of alkyl halides is 19. The second-order valence-corrected chi connectivity index (χ2v) is 6.97. The minimum atomic E-state index is -9.09. The van der Waals surface area contributed by atoms with Crippen LogP contribution >= 0.6 is 0 Å². The third-order valence-electron chi connectivity index (χ3n) is 3.27. The highest BCUT2D eigenvalue weighted by atomic mass is 32.2. The molecule has 0 saturated carbocycles. The first-order valence-corrected chi connectivity index (χ1v) is 7.91. The maximum absolute atomic E-state index is 13.2. The van der Waals surface area contributed by atoms with Gasteiger partial charge in [0, 0.05) is 0 Å². The van der Waals surface area contributed by atoms with Crippen molar-refractivity contribution in [1.29, 1.82) is 0 Å². The molecule has 0 heterocycles. The molecular weight excluding hydrogens is 565 g/mol. The highest BCUT2D eigenvalue weighted by Gasteiger charge is 2.96. The van der Waals surface area contributed by atoms with Crippen LogP contribution in [0, 0.1) is 0 Å². The molecule has 200 valence electrons. The summed E-state index contributed by atoms with van der Waals surface area (Å²) in [5.41, 5.74) is 0. The first kappa shape index (κ1) is 31.5. The molecule has 1 N–H and O–H groups in total. The number of hydrogen-bond acceptors (Lipinski definition) is 3. The standard InChI is InChI=1S/C9HF19O4S/c10-1(11,3(14,15)5(18,19)7(22,23)32-9(26,27)28)2(12,13)4(16,17)6(20,21)8(24,25)33(29,30)31/h(H,29,30,31). The van der Waals surface area contributed by atoms with Gasteiger partial charge in [-0.3, -0.25) is 4.55 Å². The molecule has 0 aromatic rings. The van der Waals surface area contributed by atoms with E-state index in [-0.39, 0.29) is 0 Å². The van der Waals surface area contributed by atoms with Crippen molar-refractivity contribution in [3.05, 3.63) is 0 Å². The molecule has 0 bridgehead atoms. The Morgan fingerprint density at radius 3 is 0.939 bits per heavy atom. The summed E-state index contributed by atoms with van der Waals surface area (Å²) in [6, 6.07) is 0. The summed E-state index contributed by atoms with van der Waals surface area (Å²) in [5.74, 6) is -53.3. The SMILES string of the molecule is O=S(=O)(O)C(F)(F)C(F)(F)C(F)(F)C(F)(F)C(F)(F)C(F)(F)C(F)(F)C(F)(F)OC(F)(F)F. The van der Waals surface area contributed by atoms with Gasteiger partial charge in [-0.05, 0) is 0 Å². The molecule has 0 aromatic heterocycles. The molecule has 0 aliphatic heterocycles. The third kappa shape index (κ3) is 4.25. The normalized spacial score (nSPS) is 16.8. The summed E-state index contributed by atoms with van der Waals surface area (Å²) in [4.78, 5) is 0. The minimum absolute atomic E-state index is 1.03. The molecule has 0 spiro atoms. The quantitative estimate of drug-likeness (QED) is 0.300. The van der Waals surface area contributed by atoms with Crippen molar-refractivity contribution < 1.29 is 101 Å². The molecule has 0 radical (unpaired) electrons. The lowest BCUT2D eigenvalue weighted by atomic mass is 9.91. The van der Waals surface area contributed by atoms with E-state index in [9.17, 15) is 91.8 Å². The summed E-state index contributed by atoms with van der Waals surface area (Å²) >= 11 is 0. The lowest BCUT2D eigenvalue weighted by Crippen LogP contribution is -2.75. The van der Waals surface area contributed by atoms with Gasteiger partial charge in [0.25, 0.3) is 0 Å². The Morgan fingerprint density at radius 1 is 0.455 bits per heavy atom. The Labute approximate surface area is 166 Å². The molecule has 33 heavy (non-hydrogen) atoms. The summed E-state index contributed by atoms with van der Waals surface area (Å²) in [7, 11) is -8.00. The Balaban J connectivity index is 6.95.